The molecule has 0 unspecified atom stereocenters. The van der Waals surface area contributed by atoms with E-state index < -0.39 is 0 Å². The van der Waals surface area contributed by atoms with Crippen molar-refractivity contribution in [2.45, 2.75) is 26.3 Å². The molecule has 0 atom stereocenters. The number of amides is 1. The Bertz CT molecular complexity index is 408. The molecule has 0 radical (unpaired) electrons. The summed E-state index contributed by atoms with van der Waals surface area (Å²) in [6.45, 7) is 6.19. The molecule has 1 rings (SSSR count). The van der Waals surface area contributed by atoms with Crippen molar-refractivity contribution in [3.05, 3.63) is 24.3 Å². The lowest BCUT2D eigenvalue weighted by molar-refractivity contribution is -0.120. The molecule has 100 valence electrons. The molecule has 0 fully saturated rings. The quantitative estimate of drug-likeness (QED) is 0.858. The largest absolute Gasteiger partial charge is 0.376 e. The Morgan fingerprint density at radius 2 is 1.83 bits per heavy atom. The third kappa shape index (κ3) is 4.65. The number of benzene rings is 1. The molecule has 0 heterocycles. The lowest BCUT2D eigenvalue weighted by atomic mass is 10.1. The van der Waals surface area contributed by atoms with Crippen molar-refractivity contribution < 1.29 is 4.79 Å². The van der Waals surface area contributed by atoms with Crippen molar-refractivity contribution in [1.82, 2.24) is 5.32 Å². The first kappa shape index (κ1) is 14.4. The van der Waals surface area contributed by atoms with Crippen LogP contribution >= 0.6 is 0 Å². The van der Waals surface area contributed by atoms with E-state index in [0.717, 1.165) is 11.4 Å². The summed E-state index contributed by atoms with van der Waals surface area (Å²) in [6.07, 6.45) is 0. The molecule has 1 aromatic rings. The van der Waals surface area contributed by atoms with Gasteiger partial charge in [-0.25, -0.2) is 0 Å². The highest BCUT2D eigenvalue weighted by atomic mass is 16.2. The van der Waals surface area contributed by atoms with Crippen LogP contribution < -0.4 is 15.5 Å². The number of carbonyl (C=O) groups is 1. The number of hydrogen-bond acceptors (Lipinski definition) is 3. The minimum Gasteiger partial charge on any atom is -0.376 e. The summed E-state index contributed by atoms with van der Waals surface area (Å²) in [5.74, 6) is -0.00365. The van der Waals surface area contributed by atoms with Crippen LogP contribution in [0, 0.1) is 0 Å². The standard InChI is InChI=1S/C14H23N3O/c1-14(2,3)16-13(18)10-15-11-8-6-7-9-12(11)17(4)5/h6-9,15H,10H2,1-5H3,(H,16,18). The second-order valence-corrected chi connectivity index (χ2v) is 5.56. The number of hydrogen-bond donors (Lipinski definition) is 2. The topological polar surface area (TPSA) is 44.4 Å². The number of carbonyl (C=O) groups excluding carboxylic acids is 1. The zero-order valence-electron chi connectivity index (χ0n) is 11.9. The Kier molecular flexibility index (Phi) is 4.59. The van der Waals surface area contributed by atoms with Gasteiger partial charge in [0.05, 0.1) is 17.9 Å². The van der Waals surface area contributed by atoms with E-state index in [9.17, 15) is 4.79 Å². The Hall–Kier alpha value is -1.71. The SMILES string of the molecule is CN(C)c1ccccc1NCC(=O)NC(C)(C)C. The van der Waals surface area contributed by atoms with E-state index in [1.807, 2.05) is 64.0 Å². The van der Waals surface area contributed by atoms with Gasteiger partial charge in [-0.1, -0.05) is 12.1 Å². The molecule has 0 saturated heterocycles. The average molecular weight is 249 g/mol. The first-order valence-corrected chi connectivity index (χ1v) is 6.11. The Morgan fingerprint density at radius 3 is 2.39 bits per heavy atom. The van der Waals surface area contributed by atoms with Crippen molar-refractivity contribution >= 4 is 17.3 Å². The van der Waals surface area contributed by atoms with Crippen molar-refractivity contribution in [1.29, 1.82) is 0 Å². The number of rotatable bonds is 4. The summed E-state index contributed by atoms with van der Waals surface area (Å²) in [5, 5.41) is 6.09. The first-order chi connectivity index (χ1) is 8.29. The number of para-hydroxylation sites is 2. The van der Waals surface area contributed by atoms with E-state index in [2.05, 4.69) is 10.6 Å². The third-order valence-corrected chi connectivity index (χ3v) is 2.34. The van der Waals surface area contributed by atoms with E-state index in [-0.39, 0.29) is 18.0 Å². The lowest BCUT2D eigenvalue weighted by Gasteiger charge is -2.22. The van der Waals surface area contributed by atoms with Crippen LogP contribution in [0.15, 0.2) is 24.3 Å². The maximum atomic E-state index is 11.7. The second kappa shape index (κ2) is 5.76. The summed E-state index contributed by atoms with van der Waals surface area (Å²) in [5.41, 5.74) is 1.84. The van der Waals surface area contributed by atoms with Gasteiger partial charge in [0, 0.05) is 19.6 Å². The fourth-order valence-corrected chi connectivity index (χ4v) is 1.65. The molecular weight excluding hydrogens is 226 g/mol. The molecule has 0 aromatic heterocycles. The highest BCUT2D eigenvalue weighted by Crippen LogP contribution is 2.22. The van der Waals surface area contributed by atoms with Crippen molar-refractivity contribution in [3.8, 4) is 0 Å². The smallest absolute Gasteiger partial charge is 0.239 e. The summed E-state index contributed by atoms with van der Waals surface area (Å²) >= 11 is 0. The van der Waals surface area contributed by atoms with Crippen LogP contribution in [0.3, 0.4) is 0 Å². The maximum absolute atomic E-state index is 11.7. The average Bonchev–Trinajstić information content (AvgIpc) is 2.24. The van der Waals surface area contributed by atoms with Gasteiger partial charge in [0.1, 0.15) is 0 Å². The van der Waals surface area contributed by atoms with Gasteiger partial charge in [0.2, 0.25) is 5.91 Å². The van der Waals surface area contributed by atoms with Crippen LogP contribution in [0.1, 0.15) is 20.8 Å². The van der Waals surface area contributed by atoms with Crippen LogP contribution in [-0.4, -0.2) is 32.1 Å². The molecule has 2 N–H and O–H groups in total. The summed E-state index contributed by atoms with van der Waals surface area (Å²) in [6, 6.07) is 7.93. The molecule has 4 nitrogen and oxygen atoms in total. The van der Waals surface area contributed by atoms with Crippen LogP contribution in [0.2, 0.25) is 0 Å². The van der Waals surface area contributed by atoms with Crippen LogP contribution in [0.25, 0.3) is 0 Å². The maximum Gasteiger partial charge on any atom is 0.239 e. The Morgan fingerprint density at radius 1 is 1.22 bits per heavy atom. The van der Waals surface area contributed by atoms with Crippen molar-refractivity contribution in [3.63, 3.8) is 0 Å². The molecule has 0 spiro atoms. The minimum absolute atomic E-state index is 0.00365. The molecule has 0 bridgehead atoms. The van der Waals surface area contributed by atoms with Crippen molar-refractivity contribution in [2.75, 3.05) is 30.9 Å². The number of nitrogens with one attached hydrogen (secondary N) is 2. The van der Waals surface area contributed by atoms with E-state index in [0.29, 0.717) is 0 Å². The van der Waals surface area contributed by atoms with Gasteiger partial charge in [-0.15, -0.1) is 0 Å². The predicted molar refractivity (Wildman–Crippen MR) is 77.2 cm³/mol. The highest BCUT2D eigenvalue weighted by molar-refractivity contribution is 5.83. The van der Waals surface area contributed by atoms with Gasteiger partial charge in [0.25, 0.3) is 0 Å². The highest BCUT2D eigenvalue weighted by Gasteiger charge is 2.13. The first-order valence-electron chi connectivity index (χ1n) is 6.11. The van der Waals surface area contributed by atoms with Gasteiger partial charge in [-0.05, 0) is 32.9 Å². The molecule has 0 saturated carbocycles. The van der Waals surface area contributed by atoms with Crippen LogP contribution in [-0.2, 0) is 4.79 Å². The van der Waals surface area contributed by atoms with Gasteiger partial charge in [-0.2, -0.15) is 0 Å². The van der Waals surface area contributed by atoms with Gasteiger partial charge in [0.15, 0.2) is 0 Å². The monoisotopic (exact) mass is 249 g/mol. The zero-order chi connectivity index (χ0) is 13.8. The lowest BCUT2D eigenvalue weighted by Crippen LogP contribution is -2.43. The molecule has 0 aliphatic rings. The Labute approximate surface area is 109 Å². The Balaban J connectivity index is 2.61. The predicted octanol–water partition coefficient (Wildman–Crippen LogP) is 2.08. The van der Waals surface area contributed by atoms with E-state index >= 15 is 0 Å². The number of anilines is 2. The normalized spacial score (nSPS) is 10.9. The van der Waals surface area contributed by atoms with E-state index in [4.69, 9.17) is 0 Å². The van der Waals surface area contributed by atoms with Crippen LogP contribution in [0.5, 0.6) is 0 Å². The zero-order valence-corrected chi connectivity index (χ0v) is 11.9. The molecule has 0 aliphatic carbocycles. The van der Waals surface area contributed by atoms with Crippen molar-refractivity contribution in [2.24, 2.45) is 0 Å². The van der Waals surface area contributed by atoms with Gasteiger partial charge in [-0.3, -0.25) is 4.79 Å². The third-order valence-electron chi connectivity index (χ3n) is 2.34. The van der Waals surface area contributed by atoms with E-state index in [1.54, 1.807) is 0 Å². The van der Waals surface area contributed by atoms with Gasteiger partial charge < -0.3 is 15.5 Å². The molecule has 1 amide bonds. The fourth-order valence-electron chi connectivity index (χ4n) is 1.65. The van der Waals surface area contributed by atoms with Gasteiger partial charge >= 0.3 is 0 Å². The molecule has 1 aromatic carbocycles. The molecule has 0 aliphatic heterocycles. The molecular formula is C14H23N3O. The summed E-state index contributed by atoms with van der Waals surface area (Å²) < 4.78 is 0. The van der Waals surface area contributed by atoms with Crippen LogP contribution in [0.4, 0.5) is 11.4 Å². The summed E-state index contributed by atoms with van der Waals surface area (Å²) in [4.78, 5) is 13.7. The number of nitrogens with zero attached hydrogens (tertiary/aromatic N) is 1. The summed E-state index contributed by atoms with van der Waals surface area (Å²) in [7, 11) is 3.96. The second-order valence-electron chi connectivity index (χ2n) is 5.56. The van der Waals surface area contributed by atoms with E-state index in [1.165, 1.54) is 0 Å². The minimum atomic E-state index is -0.195. The fraction of sp³-hybridized carbons (Fsp3) is 0.500. The molecule has 18 heavy (non-hydrogen) atoms. The molecule has 4 heteroatoms.